The molecule has 1 aliphatic carbocycles. The summed E-state index contributed by atoms with van der Waals surface area (Å²) in [4.78, 5) is 2.35. The van der Waals surface area contributed by atoms with Gasteiger partial charge in [-0.15, -0.1) is 0 Å². The van der Waals surface area contributed by atoms with Crippen LogP contribution in [0.3, 0.4) is 0 Å². The highest BCUT2D eigenvalue weighted by molar-refractivity contribution is 5.18. The van der Waals surface area contributed by atoms with Gasteiger partial charge in [0.05, 0.1) is 6.10 Å². The van der Waals surface area contributed by atoms with Crippen LogP contribution < -0.4 is 0 Å². The molecule has 1 aromatic carbocycles. The van der Waals surface area contributed by atoms with E-state index in [4.69, 9.17) is 0 Å². The molecule has 0 amide bonds. The number of rotatable bonds is 5. The molecule has 0 aromatic heterocycles. The Morgan fingerprint density at radius 3 is 2.74 bits per heavy atom. The molecule has 1 atom stereocenters. The molecule has 1 aliphatic rings. The van der Waals surface area contributed by atoms with Crippen LogP contribution in [0.25, 0.3) is 0 Å². The molecule has 1 saturated carbocycles. The maximum absolute atomic E-state index is 13.1. The van der Waals surface area contributed by atoms with Crippen molar-refractivity contribution >= 4 is 0 Å². The van der Waals surface area contributed by atoms with Crippen LogP contribution in [0, 0.1) is 5.82 Å². The second-order valence-corrected chi connectivity index (χ2v) is 5.63. The van der Waals surface area contributed by atoms with Gasteiger partial charge in [-0.2, -0.15) is 0 Å². The fraction of sp³-hybridized carbons (Fsp3) is 0.625. The highest BCUT2D eigenvalue weighted by Gasteiger charge is 2.18. The lowest BCUT2D eigenvalue weighted by Crippen LogP contribution is -2.34. The predicted octanol–water partition coefficient (Wildman–Crippen LogP) is 3.51. The van der Waals surface area contributed by atoms with Gasteiger partial charge in [0.25, 0.3) is 0 Å². The monoisotopic (exact) mass is 265 g/mol. The third-order valence-electron chi connectivity index (χ3n) is 4.19. The van der Waals surface area contributed by atoms with Crippen molar-refractivity contribution in [3.8, 4) is 0 Å². The Morgan fingerprint density at radius 1 is 1.32 bits per heavy atom. The topological polar surface area (TPSA) is 23.5 Å². The molecule has 2 nitrogen and oxygen atoms in total. The third kappa shape index (κ3) is 4.29. The number of nitrogens with zero attached hydrogens (tertiary/aromatic N) is 1. The minimum atomic E-state index is -0.568. The van der Waals surface area contributed by atoms with E-state index in [0.29, 0.717) is 18.0 Å². The SMILES string of the molecule is CN(CCC(O)c1cccc(F)c1)C1CCCCC1. The summed E-state index contributed by atoms with van der Waals surface area (Å²) in [6.07, 6.45) is 6.64. The molecule has 0 radical (unpaired) electrons. The summed E-state index contributed by atoms with van der Waals surface area (Å²) in [5.41, 5.74) is 0.678. The van der Waals surface area contributed by atoms with E-state index >= 15 is 0 Å². The molecule has 0 aliphatic heterocycles. The molecule has 1 fully saturated rings. The average Bonchev–Trinajstić information content (AvgIpc) is 2.45. The number of aliphatic hydroxyl groups excluding tert-OH is 1. The third-order valence-corrected chi connectivity index (χ3v) is 4.19. The molecule has 19 heavy (non-hydrogen) atoms. The normalized spacial score (nSPS) is 18.7. The molecule has 2 rings (SSSR count). The Labute approximate surface area is 115 Å². The molecule has 106 valence electrons. The van der Waals surface area contributed by atoms with Crippen LogP contribution in [-0.2, 0) is 0 Å². The zero-order chi connectivity index (χ0) is 13.7. The van der Waals surface area contributed by atoms with Gasteiger partial charge in [0.15, 0.2) is 0 Å². The maximum Gasteiger partial charge on any atom is 0.123 e. The Balaban J connectivity index is 1.80. The molecule has 0 spiro atoms. The Hall–Kier alpha value is -0.930. The van der Waals surface area contributed by atoms with E-state index in [9.17, 15) is 9.50 Å². The van der Waals surface area contributed by atoms with Gasteiger partial charge in [-0.25, -0.2) is 4.39 Å². The Bertz CT molecular complexity index is 390. The predicted molar refractivity (Wildman–Crippen MR) is 75.5 cm³/mol. The van der Waals surface area contributed by atoms with Crippen LogP contribution in [0.2, 0.25) is 0 Å². The number of aliphatic hydroxyl groups is 1. The van der Waals surface area contributed by atoms with E-state index in [1.54, 1.807) is 12.1 Å². The summed E-state index contributed by atoms with van der Waals surface area (Å²) >= 11 is 0. The van der Waals surface area contributed by atoms with Crippen LogP contribution in [0.4, 0.5) is 4.39 Å². The first-order valence-corrected chi connectivity index (χ1v) is 7.30. The van der Waals surface area contributed by atoms with Gasteiger partial charge in [0.2, 0.25) is 0 Å². The van der Waals surface area contributed by atoms with Crippen molar-refractivity contribution in [1.29, 1.82) is 0 Å². The zero-order valence-corrected chi connectivity index (χ0v) is 11.7. The van der Waals surface area contributed by atoms with E-state index in [1.165, 1.54) is 44.2 Å². The van der Waals surface area contributed by atoms with Crippen LogP contribution in [-0.4, -0.2) is 29.6 Å². The molecule has 1 unspecified atom stereocenters. The smallest absolute Gasteiger partial charge is 0.123 e. The van der Waals surface area contributed by atoms with Gasteiger partial charge in [0, 0.05) is 12.6 Å². The van der Waals surface area contributed by atoms with Gasteiger partial charge in [-0.3, -0.25) is 0 Å². The van der Waals surface area contributed by atoms with Crippen LogP contribution >= 0.6 is 0 Å². The molecule has 3 heteroatoms. The van der Waals surface area contributed by atoms with Crippen molar-refractivity contribution in [2.45, 2.75) is 50.7 Å². The molecular formula is C16H24FNO. The van der Waals surface area contributed by atoms with Crippen molar-refractivity contribution in [3.63, 3.8) is 0 Å². The second-order valence-electron chi connectivity index (χ2n) is 5.63. The lowest BCUT2D eigenvalue weighted by molar-refractivity contribution is 0.125. The molecule has 0 bridgehead atoms. The number of hydrogen-bond acceptors (Lipinski definition) is 2. The molecule has 0 saturated heterocycles. The van der Waals surface area contributed by atoms with Gasteiger partial charge < -0.3 is 10.0 Å². The lowest BCUT2D eigenvalue weighted by atomic mass is 9.94. The molecule has 1 N–H and O–H groups in total. The van der Waals surface area contributed by atoms with E-state index in [0.717, 1.165) is 6.54 Å². The van der Waals surface area contributed by atoms with E-state index < -0.39 is 6.10 Å². The van der Waals surface area contributed by atoms with Crippen LogP contribution in [0.1, 0.15) is 50.2 Å². The zero-order valence-electron chi connectivity index (χ0n) is 11.7. The summed E-state index contributed by atoms with van der Waals surface area (Å²) < 4.78 is 13.1. The standard InChI is InChI=1S/C16H24FNO/c1-18(15-8-3-2-4-9-15)11-10-16(19)13-6-5-7-14(17)12-13/h5-7,12,15-16,19H,2-4,8-11H2,1H3. The minimum absolute atomic E-state index is 0.280. The van der Waals surface area contributed by atoms with E-state index in [2.05, 4.69) is 11.9 Å². The number of halogens is 1. The molecule has 0 heterocycles. The quantitative estimate of drug-likeness (QED) is 0.880. The lowest BCUT2D eigenvalue weighted by Gasteiger charge is -2.31. The first-order chi connectivity index (χ1) is 9.16. The highest BCUT2D eigenvalue weighted by Crippen LogP contribution is 2.23. The molecular weight excluding hydrogens is 241 g/mol. The fourth-order valence-electron chi connectivity index (χ4n) is 2.91. The average molecular weight is 265 g/mol. The summed E-state index contributed by atoms with van der Waals surface area (Å²) in [5, 5.41) is 10.1. The van der Waals surface area contributed by atoms with E-state index in [1.807, 2.05) is 0 Å². The Morgan fingerprint density at radius 2 is 2.05 bits per heavy atom. The maximum atomic E-state index is 13.1. The van der Waals surface area contributed by atoms with Crippen molar-refractivity contribution in [2.75, 3.05) is 13.6 Å². The van der Waals surface area contributed by atoms with Crippen LogP contribution in [0.15, 0.2) is 24.3 Å². The van der Waals surface area contributed by atoms with Gasteiger partial charge in [-0.05, 0) is 44.0 Å². The Kier molecular flexibility index (Phi) is 5.34. The summed E-state index contributed by atoms with van der Waals surface area (Å²) in [6.45, 7) is 0.863. The van der Waals surface area contributed by atoms with Crippen molar-refractivity contribution < 1.29 is 9.50 Å². The van der Waals surface area contributed by atoms with Gasteiger partial charge in [0.1, 0.15) is 5.82 Å². The van der Waals surface area contributed by atoms with Gasteiger partial charge in [-0.1, -0.05) is 31.4 Å². The summed E-state index contributed by atoms with van der Waals surface area (Å²) in [7, 11) is 2.13. The first-order valence-electron chi connectivity index (χ1n) is 7.30. The van der Waals surface area contributed by atoms with Crippen molar-refractivity contribution in [2.24, 2.45) is 0 Å². The summed E-state index contributed by atoms with van der Waals surface area (Å²) in [6, 6.07) is 6.93. The number of benzene rings is 1. The van der Waals surface area contributed by atoms with Crippen LogP contribution in [0.5, 0.6) is 0 Å². The highest BCUT2D eigenvalue weighted by atomic mass is 19.1. The first kappa shape index (κ1) is 14.5. The van der Waals surface area contributed by atoms with Crippen molar-refractivity contribution in [1.82, 2.24) is 4.90 Å². The van der Waals surface area contributed by atoms with Crippen molar-refractivity contribution in [3.05, 3.63) is 35.6 Å². The summed E-state index contributed by atoms with van der Waals surface area (Å²) in [5.74, 6) is -0.280. The molecule has 1 aromatic rings. The largest absolute Gasteiger partial charge is 0.388 e. The van der Waals surface area contributed by atoms with E-state index in [-0.39, 0.29) is 5.82 Å². The second kappa shape index (κ2) is 7.01. The van der Waals surface area contributed by atoms with Gasteiger partial charge >= 0.3 is 0 Å². The minimum Gasteiger partial charge on any atom is -0.388 e. The fourth-order valence-corrected chi connectivity index (χ4v) is 2.91. The number of hydrogen-bond donors (Lipinski definition) is 1.